The van der Waals surface area contributed by atoms with Gasteiger partial charge in [-0.2, -0.15) is 0 Å². The van der Waals surface area contributed by atoms with Crippen LogP contribution in [0.1, 0.15) is 37.7 Å². The molecule has 0 aliphatic heterocycles. The Morgan fingerprint density at radius 1 is 1.12 bits per heavy atom. The summed E-state index contributed by atoms with van der Waals surface area (Å²) in [5, 5.41) is 0. The smallest absolute Gasteiger partial charge is 0.263 e. The molecule has 25 heavy (non-hydrogen) atoms. The SMILES string of the molecule is Cc1ccc(S(=O)(=O)Nc2nccnc2OCCC2CCCC2)cc1. The van der Waals surface area contributed by atoms with Crippen molar-refractivity contribution in [1.82, 2.24) is 9.97 Å². The minimum atomic E-state index is -3.73. The molecule has 0 radical (unpaired) electrons. The number of rotatable bonds is 7. The lowest BCUT2D eigenvalue weighted by Gasteiger charge is -2.13. The molecule has 1 aliphatic carbocycles. The zero-order chi connectivity index (χ0) is 17.7. The molecule has 0 atom stereocenters. The molecule has 0 amide bonds. The summed E-state index contributed by atoms with van der Waals surface area (Å²) in [6.07, 6.45) is 8.97. The molecule has 0 saturated heterocycles. The number of benzene rings is 1. The Bertz CT molecular complexity index is 801. The third-order valence-corrected chi connectivity index (χ3v) is 5.82. The Labute approximate surface area is 148 Å². The molecule has 0 spiro atoms. The van der Waals surface area contributed by atoms with Crippen LogP contribution in [-0.2, 0) is 10.0 Å². The van der Waals surface area contributed by atoms with Gasteiger partial charge in [-0.1, -0.05) is 43.4 Å². The van der Waals surface area contributed by atoms with Crippen LogP contribution in [0.15, 0.2) is 41.6 Å². The zero-order valence-corrected chi connectivity index (χ0v) is 15.1. The van der Waals surface area contributed by atoms with Gasteiger partial charge < -0.3 is 4.74 Å². The van der Waals surface area contributed by atoms with Gasteiger partial charge >= 0.3 is 0 Å². The molecule has 6 nitrogen and oxygen atoms in total. The molecule has 7 heteroatoms. The molecule has 1 aliphatic rings. The van der Waals surface area contributed by atoms with Crippen molar-refractivity contribution in [1.29, 1.82) is 0 Å². The summed E-state index contributed by atoms with van der Waals surface area (Å²) in [5.74, 6) is 1.04. The Morgan fingerprint density at radius 3 is 2.52 bits per heavy atom. The minimum absolute atomic E-state index is 0.120. The lowest BCUT2D eigenvalue weighted by atomic mass is 10.1. The molecule has 1 aromatic carbocycles. The van der Waals surface area contributed by atoms with Crippen molar-refractivity contribution < 1.29 is 13.2 Å². The summed E-state index contributed by atoms with van der Waals surface area (Å²) in [5.41, 5.74) is 0.995. The first-order chi connectivity index (χ1) is 12.0. The molecule has 0 bridgehead atoms. The van der Waals surface area contributed by atoms with Gasteiger partial charge in [-0.3, -0.25) is 4.72 Å². The van der Waals surface area contributed by atoms with Crippen molar-refractivity contribution >= 4 is 15.8 Å². The molecule has 1 aromatic heterocycles. The summed E-state index contributed by atoms with van der Waals surface area (Å²) in [6.45, 7) is 2.42. The fourth-order valence-corrected chi connectivity index (χ4v) is 4.03. The molecule has 1 saturated carbocycles. The van der Waals surface area contributed by atoms with Crippen LogP contribution in [0, 0.1) is 12.8 Å². The van der Waals surface area contributed by atoms with E-state index in [1.54, 1.807) is 24.3 Å². The van der Waals surface area contributed by atoms with E-state index in [0.29, 0.717) is 12.5 Å². The van der Waals surface area contributed by atoms with E-state index in [1.165, 1.54) is 38.1 Å². The lowest BCUT2D eigenvalue weighted by Crippen LogP contribution is -2.16. The molecular weight excluding hydrogens is 338 g/mol. The van der Waals surface area contributed by atoms with E-state index in [1.807, 2.05) is 6.92 Å². The lowest BCUT2D eigenvalue weighted by molar-refractivity contribution is 0.270. The maximum atomic E-state index is 12.5. The van der Waals surface area contributed by atoms with E-state index < -0.39 is 10.0 Å². The standard InChI is InChI=1S/C18H23N3O3S/c1-14-6-8-16(9-7-14)25(22,23)21-17-18(20-12-11-19-17)24-13-10-15-4-2-3-5-15/h6-9,11-12,15H,2-5,10,13H2,1H3,(H,19,21). The van der Waals surface area contributed by atoms with Crippen molar-refractivity contribution in [2.24, 2.45) is 5.92 Å². The number of nitrogens with zero attached hydrogens (tertiary/aromatic N) is 2. The second kappa shape index (κ2) is 7.82. The molecule has 1 heterocycles. The Kier molecular flexibility index (Phi) is 5.53. The average molecular weight is 361 g/mol. The van der Waals surface area contributed by atoms with Gasteiger partial charge in [0.15, 0.2) is 0 Å². The molecule has 1 N–H and O–H groups in total. The third kappa shape index (κ3) is 4.69. The second-order valence-electron chi connectivity index (χ2n) is 6.42. The van der Waals surface area contributed by atoms with Crippen molar-refractivity contribution in [3.05, 3.63) is 42.2 Å². The first kappa shape index (κ1) is 17.7. The van der Waals surface area contributed by atoms with Gasteiger partial charge in [-0.05, 0) is 31.4 Å². The predicted octanol–water partition coefficient (Wildman–Crippen LogP) is 3.54. The van der Waals surface area contributed by atoms with Gasteiger partial charge in [0.25, 0.3) is 15.9 Å². The highest BCUT2D eigenvalue weighted by atomic mass is 32.2. The second-order valence-corrected chi connectivity index (χ2v) is 8.10. The van der Waals surface area contributed by atoms with Crippen LogP contribution in [0.5, 0.6) is 5.88 Å². The number of ether oxygens (including phenoxy) is 1. The number of aryl methyl sites for hydroxylation is 1. The fraction of sp³-hybridized carbons (Fsp3) is 0.444. The molecule has 3 rings (SSSR count). The van der Waals surface area contributed by atoms with E-state index in [4.69, 9.17) is 4.74 Å². The van der Waals surface area contributed by atoms with Crippen LogP contribution in [0.3, 0.4) is 0 Å². The number of sulfonamides is 1. The van der Waals surface area contributed by atoms with Crippen LogP contribution < -0.4 is 9.46 Å². The van der Waals surface area contributed by atoms with Crippen molar-refractivity contribution in [2.45, 2.75) is 43.9 Å². The van der Waals surface area contributed by atoms with E-state index in [9.17, 15) is 8.42 Å². The summed E-state index contributed by atoms with van der Waals surface area (Å²) in [7, 11) is -3.73. The molecule has 0 unspecified atom stereocenters. The van der Waals surface area contributed by atoms with Gasteiger partial charge in [0.2, 0.25) is 5.82 Å². The minimum Gasteiger partial charge on any atom is -0.475 e. The summed E-state index contributed by atoms with van der Waals surface area (Å²) in [4.78, 5) is 8.38. The number of hydrogen-bond acceptors (Lipinski definition) is 5. The number of aromatic nitrogens is 2. The quantitative estimate of drug-likeness (QED) is 0.816. The normalized spacial score (nSPS) is 15.2. The Balaban J connectivity index is 1.68. The highest BCUT2D eigenvalue weighted by Gasteiger charge is 2.19. The van der Waals surface area contributed by atoms with Crippen LogP contribution in [-0.4, -0.2) is 25.0 Å². The van der Waals surface area contributed by atoms with Gasteiger partial charge in [-0.25, -0.2) is 18.4 Å². The van der Waals surface area contributed by atoms with Crippen LogP contribution in [0.4, 0.5) is 5.82 Å². The van der Waals surface area contributed by atoms with Gasteiger partial charge in [0, 0.05) is 12.4 Å². The number of anilines is 1. The van der Waals surface area contributed by atoms with Crippen LogP contribution >= 0.6 is 0 Å². The van der Waals surface area contributed by atoms with E-state index in [0.717, 1.165) is 12.0 Å². The van der Waals surface area contributed by atoms with Crippen molar-refractivity contribution in [2.75, 3.05) is 11.3 Å². The van der Waals surface area contributed by atoms with E-state index in [2.05, 4.69) is 14.7 Å². The van der Waals surface area contributed by atoms with Crippen LogP contribution in [0.2, 0.25) is 0 Å². The summed E-state index contributed by atoms with van der Waals surface area (Å²) in [6, 6.07) is 6.64. The van der Waals surface area contributed by atoms with Gasteiger partial charge in [-0.15, -0.1) is 0 Å². The Hall–Kier alpha value is -2.15. The molecule has 2 aromatic rings. The molecular formula is C18H23N3O3S. The summed E-state index contributed by atoms with van der Waals surface area (Å²) >= 11 is 0. The average Bonchev–Trinajstić information content (AvgIpc) is 3.10. The largest absolute Gasteiger partial charge is 0.475 e. The predicted molar refractivity (Wildman–Crippen MR) is 96.1 cm³/mol. The molecule has 134 valence electrons. The topological polar surface area (TPSA) is 81.2 Å². The fourth-order valence-electron chi connectivity index (χ4n) is 3.03. The number of hydrogen-bond donors (Lipinski definition) is 1. The van der Waals surface area contributed by atoms with Crippen LogP contribution in [0.25, 0.3) is 0 Å². The first-order valence-electron chi connectivity index (χ1n) is 8.58. The van der Waals surface area contributed by atoms with E-state index in [-0.39, 0.29) is 16.6 Å². The third-order valence-electron chi connectivity index (χ3n) is 4.47. The highest BCUT2D eigenvalue weighted by molar-refractivity contribution is 7.92. The number of nitrogens with one attached hydrogen (secondary N) is 1. The monoisotopic (exact) mass is 361 g/mol. The van der Waals surface area contributed by atoms with Gasteiger partial charge in [0.1, 0.15) is 0 Å². The highest BCUT2D eigenvalue weighted by Crippen LogP contribution is 2.28. The van der Waals surface area contributed by atoms with Gasteiger partial charge in [0.05, 0.1) is 11.5 Å². The van der Waals surface area contributed by atoms with Crippen molar-refractivity contribution in [3.63, 3.8) is 0 Å². The maximum absolute atomic E-state index is 12.5. The Morgan fingerprint density at radius 2 is 1.80 bits per heavy atom. The zero-order valence-electron chi connectivity index (χ0n) is 14.3. The summed E-state index contributed by atoms with van der Waals surface area (Å²) < 4.78 is 33.2. The van der Waals surface area contributed by atoms with E-state index >= 15 is 0 Å². The maximum Gasteiger partial charge on any atom is 0.263 e. The first-order valence-corrected chi connectivity index (χ1v) is 10.1. The molecule has 1 fully saturated rings. The van der Waals surface area contributed by atoms with Crippen molar-refractivity contribution in [3.8, 4) is 5.88 Å².